The third kappa shape index (κ3) is 2.38. The van der Waals surface area contributed by atoms with Crippen LogP contribution in [0.25, 0.3) is 11.2 Å². The number of nitrogens with one attached hydrogen (secondary N) is 1. The number of aromatic nitrogens is 4. The van der Waals surface area contributed by atoms with E-state index in [-0.39, 0.29) is 11.5 Å². The number of anilines is 1. The van der Waals surface area contributed by atoms with E-state index in [0.717, 1.165) is 11.1 Å². The highest BCUT2D eigenvalue weighted by Crippen LogP contribution is 2.15. The zero-order valence-electron chi connectivity index (χ0n) is 11.6. The fourth-order valence-corrected chi connectivity index (χ4v) is 2.27. The van der Waals surface area contributed by atoms with Gasteiger partial charge in [-0.15, -0.1) is 0 Å². The van der Waals surface area contributed by atoms with E-state index in [2.05, 4.69) is 15.0 Å². The van der Waals surface area contributed by atoms with E-state index in [0.29, 0.717) is 30.1 Å². The van der Waals surface area contributed by atoms with Gasteiger partial charge in [0.15, 0.2) is 11.5 Å². The summed E-state index contributed by atoms with van der Waals surface area (Å²) in [6.45, 7) is 2.66. The highest BCUT2D eigenvalue weighted by molar-refractivity contribution is 5.81. The maximum atomic E-state index is 12.1. The number of nitrogens with two attached hydrogens (primary N) is 2. The average Bonchev–Trinajstić information content (AvgIpc) is 2.77. The summed E-state index contributed by atoms with van der Waals surface area (Å²) in [6.07, 6.45) is 0. The molecular formula is C14H16N6O. The highest BCUT2D eigenvalue weighted by Gasteiger charge is 2.12. The van der Waals surface area contributed by atoms with Crippen molar-refractivity contribution < 1.29 is 0 Å². The second-order valence-corrected chi connectivity index (χ2v) is 4.89. The predicted molar refractivity (Wildman–Crippen MR) is 80.7 cm³/mol. The second-order valence-electron chi connectivity index (χ2n) is 4.89. The summed E-state index contributed by atoms with van der Waals surface area (Å²) in [5.74, 6) is 0.818. The minimum atomic E-state index is -0.250. The van der Waals surface area contributed by atoms with Gasteiger partial charge in [0.1, 0.15) is 11.3 Å². The van der Waals surface area contributed by atoms with Gasteiger partial charge < -0.3 is 16.5 Å². The first kappa shape index (κ1) is 13.3. The number of fused-ring (bicyclic) bond motifs is 1. The van der Waals surface area contributed by atoms with Crippen molar-refractivity contribution in [3.05, 3.63) is 51.7 Å². The number of benzene rings is 1. The fraction of sp³-hybridized carbons (Fsp3) is 0.214. The largest absolute Gasteiger partial charge is 0.382 e. The second kappa shape index (κ2) is 5.02. The SMILES string of the molecule is Cc1nc(N)c2[nH]c(=O)n(Cc3ccc(CN)cc3)c2n1. The van der Waals surface area contributed by atoms with Crippen LogP contribution < -0.4 is 17.2 Å². The Morgan fingerprint density at radius 3 is 2.52 bits per heavy atom. The van der Waals surface area contributed by atoms with Crippen LogP contribution in [-0.4, -0.2) is 19.5 Å². The standard InChI is InChI=1S/C14H16N6O/c1-8-17-12(16)11-13(18-8)20(14(21)19-11)7-10-4-2-9(6-15)3-5-10/h2-5H,6-7,15H2,1H3,(H,19,21)(H2,16,17,18). The Kier molecular flexibility index (Phi) is 3.19. The summed E-state index contributed by atoms with van der Waals surface area (Å²) in [5.41, 5.74) is 14.2. The van der Waals surface area contributed by atoms with Gasteiger partial charge in [-0.3, -0.25) is 4.57 Å². The molecule has 0 radical (unpaired) electrons. The lowest BCUT2D eigenvalue weighted by Crippen LogP contribution is -2.17. The molecule has 0 amide bonds. The summed E-state index contributed by atoms with van der Waals surface area (Å²) < 4.78 is 1.55. The summed E-state index contributed by atoms with van der Waals surface area (Å²) >= 11 is 0. The first-order valence-corrected chi connectivity index (χ1v) is 6.59. The molecule has 0 atom stereocenters. The zero-order chi connectivity index (χ0) is 15.0. The smallest absolute Gasteiger partial charge is 0.328 e. The Bertz CT molecular complexity index is 846. The molecule has 21 heavy (non-hydrogen) atoms. The van der Waals surface area contributed by atoms with Crippen molar-refractivity contribution in [1.29, 1.82) is 0 Å². The Balaban J connectivity index is 2.07. The summed E-state index contributed by atoms with van der Waals surface area (Å²) in [6, 6.07) is 7.80. The van der Waals surface area contributed by atoms with E-state index in [4.69, 9.17) is 11.5 Å². The number of hydrogen-bond acceptors (Lipinski definition) is 5. The molecule has 3 rings (SSSR count). The van der Waals surface area contributed by atoms with Crippen LogP contribution in [0.3, 0.4) is 0 Å². The highest BCUT2D eigenvalue weighted by atomic mass is 16.1. The molecule has 0 bridgehead atoms. The predicted octanol–water partition coefficient (Wildman–Crippen LogP) is 0.517. The van der Waals surface area contributed by atoms with Crippen molar-refractivity contribution in [2.45, 2.75) is 20.0 Å². The molecule has 5 N–H and O–H groups in total. The maximum absolute atomic E-state index is 12.1. The topological polar surface area (TPSA) is 116 Å². The van der Waals surface area contributed by atoms with E-state index >= 15 is 0 Å². The molecule has 0 aliphatic rings. The number of nitrogens with zero attached hydrogens (tertiary/aromatic N) is 3. The summed E-state index contributed by atoms with van der Waals surface area (Å²) in [4.78, 5) is 23.2. The molecule has 0 fully saturated rings. The average molecular weight is 284 g/mol. The van der Waals surface area contributed by atoms with E-state index in [1.807, 2.05) is 24.3 Å². The molecule has 0 aliphatic heterocycles. The first-order valence-electron chi connectivity index (χ1n) is 6.59. The van der Waals surface area contributed by atoms with Crippen LogP contribution in [-0.2, 0) is 13.1 Å². The molecule has 2 heterocycles. The molecule has 0 saturated carbocycles. The van der Waals surface area contributed by atoms with Crippen molar-refractivity contribution >= 4 is 17.0 Å². The number of imidazole rings is 1. The Morgan fingerprint density at radius 1 is 1.19 bits per heavy atom. The summed E-state index contributed by atoms with van der Waals surface area (Å²) in [5, 5.41) is 0. The zero-order valence-corrected chi connectivity index (χ0v) is 11.6. The number of nitrogen functional groups attached to an aromatic ring is 1. The molecule has 0 unspecified atom stereocenters. The van der Waals surface area contributed by atoms with Crippen LogP contribution in [0.2, 0.25) is 0 Å². The van der Waals surface area contributed by atoms with E-state index in [1.54, 1.807) is 11.5 Å². The number of rotatable bonds is 3. The quantitative estimate of drug-likeness (QED) is 0.648. The molecule has 0 saturated heterocycles. The third-order valence-corrected chi connectivity index (χ3v) is 3.36. The molecule has 0 aliphatic carbocycles. The minimum Gasteiger partial charge on any atom is -0.382 e. The van der Waals surface area contributed by atoms with Gasteiger partial charge in [-0.1, -0.05) is 24.3 Å². The van der Waals surface area contributed by atoms with Gasteiger partial charge in [-0.25, -0.2) is 14.8 Å². The van der Waals surface area contributed by atoms with Crippen molar-refractivity contribution in [3.8, 4) is 0 Å². The summed E-state index contributed by atoms with van der Waals surface area (Å²) in [7, 11) is 0. The first-order chi connectivity index (χ1) is 10.1. The van der Waals surface area contributed by atoms with Gasteiger partial charge in [-0.05, 0) is 18.1 Å². The van der Waals surface area contributed by atoms with Crippen LogP contribution in [0, 0.1) is 6.92 Å². The lowest BCUT2D eigenvalue weighted by atomic mass is 10.1. The monoisotopic (exact) mass is 284 g/mol. The van der Waals surface area contributed by atoms with Crippen molar-refractivity contribution in [2.24, 2.45) is 5.73 Å². The van der Waals surface area contributed by atoms with E-state index in [1.165, 1.54) is 0 Å². The molecule has 2 aromatic heterocycles. The van der Waals surface area contributed by atoms with Gasteiger partial charge in [0.25, 0.3) is 0 Å². The van der Waals surface area contributed by atoms with Crippen LogP contribution in [0.4, 0.5) is 5.82 Å². The molecule has 3 aromatic rings. The molecular weight excluding hydrogens is 268 g/mol. The van der Waals surface area contributed by atoms with Crippen LogP contribution in [0.15, 0.2) is 29.1 Å². The van der Waals surface area contributed by atoms with Crippen LogP contribution in [0.5, 0.6) is 0 Å². The fourth-order valence-electron chi connectivity index (χ4n) is 2.27. The molecule has 108 valence electrons. The Labute approximate surface area is 120 Å². The lowest BCUT2D eigenvalue weighted by molar-refractivity contribution is 0.775. The van der Waals surface area contributed by atoms with Crippen LogP contribution >= 0.6 is 0 Å². The van der Waals surface area contributed by atoms with E-state index in [9.17, 15) is 4.79 Å². The Morgan fingerprint density at radius 2 is 1.86 bits per heavy atom. The lowest BCUT2D eigenvalue weighted by Gasteiger charge is -2.05. The number of hydrogen-bond donors (Lipinski definition) is 3. The van der Waals surface area contributed by atoms with Gasteiger partial charge in [-0.2, -0.15) is 0 Å². The van der Waals surface area contributed by atoms with Crippen molar-refractivity contribution in [3.63, 3.8) is 0 Å². The van der Waals surface area contributed by atoms with Crippen molar-refractivity contribution in [1.82, 2.24) is 19.5 Å². The molecule has 7 nitrogen and oxygen atoms in total. The molecule has 0 spiro atoms. The third-order valence-electron chi connectivity index (χ3n) is 3.36. The normalized spacial score (nSPS) is 11.1. The molecule has 7 heteroatoms. The van der Waals surface area contributed by atoms with Crippen molar-refractivity contribution in [2.75, 3.05) is 5.73 Å². The minimum absolute atomic E-state index is 0.250. The van der Waals surface area contributed by atoms with Gasteiger partial charge in [0.2, 0.25) is 0 Å². The number of aryl methyl sites for hydroxylation is 1. The van der Waals surface area contributed by atoms with Gasteiger partial charge >= 0.3 is 5.69 Å². The molecule has 1 aromatic carbocycles. The van der Waals surface area contributed by atoms with E-state index < -0.39 is 0 Å². The Hall–Kier alpha value is -2.67. The van der Waals surface area contributed by atoms with Gasteiger partial charge in [0, 0.05) is 6.54 Å². The number of aromatic amines is 1. The van der Waals surface area contributed by atoms with Crippen LogP contribution in [0.1, 0.15) is 17.0 Å². The van der Waals surface area contributed by atoms with Gasteiger partial charge in [0.05, 0.1) is 6.54 Å². The number of H-pyrrole nitrogens is 1. The maximum Gasteiger partial charge on any atom is 0.328 e.